The minimum Gasteiger partial charge on any atom is -0.400 e. The average Bonchev–Trinajstić information content (AvgIpc) is 3.36. The van der Waals surface area contributed by atoms with Crippen LogP contribution in [0.15, 0.2) is 109 Å². The number of benzene rings is 3. The summed E-state index contributed by atoms with van der Waals surface area (Å²) in [5.74, 6) is 6.62. The number of thioether (sulfide) groups is 1. The van der Waals surface area contributed by atoms with Crippen molar-refractivity contribution in [1.82, 2.24) is 0 Å². The van der Waals surface area contributed by atoms with Crippen LogP contribution >= 0.6 is 11.8 Å². The van der Waals surface area contributed by atoms with Crippen molar-refractivity contribution in [2.45, 2.75) is 87.4 Å². The standard InChI is InChI=1S/C42H47BN2O2S/c1-29(44)35-14-10-15-38(26-35)45-30(2)39(48-40(45)34-22-19-32(20-23-34)18-17-31-11-7-6-8-12-31)16-9-13-33-21-24-36(28-42(5,43)47)37(25-33)27-41(3,4)46/h7,10-12,14-15,19-26,39-40,46-47H,1-2,6,8-9,13,16,27-28,44H2,3-5H3. The molecule has 1 fully saturated rings. The summed E-state index contributed by atoms with van der Waals surface area (Å²) in [6.07, 6.45) is 12.3. The molecule has 0 spiro atoms. The predicted octanol–water partition coefficient (Wildman–Crippen LogP) is 8.13. The van der Waals surface area contributed by atoms with Gasteiger partial charge in [0.05, 0.1) is 5.60 Å². The van der Waals surface area contributed by atoms with Gasteiger partial charge < -0.3 is 20.8 Å². The van der Waals surface area contributed by atoms with Crippen molar-refractivity contribution >= 4 is 31.0 Å². The molecule has 1 heterocycles. The van der Waals surface area contributed by atoms with E-state index in [9.17, 15) is 10.2 Å². The molecule has 48 heavy (non-hydrogen) atoms. The van der Waals surface area contributed by atoms with Gasteiger partial charge >= 0.3 is 0 Å². The number of hydrogen-bond acceptors (Lipinski definition) is 5. The van der Waals surface area contributed by atoms with E-state index < -0.39 is 11.1 Å². The van der Waals surface area contributed by atoms with Crippen LogP contribution in [-0.2, 0) is 19.3 Å². The van der Waals surface area contributed by atoms with E-state index in [1.165, 1.54) is 11.1 Å². The zero-order valence-corrected chi connectivity index (χ0v) is 29.3. The zero-order chi connectivity index (χ0) is 34.5. The molecule has 3 aromatic carbocycles. The highest BCUT2D eigenvalue weighted by molar-refractivity contribution is 8.00. The molecule has 6 heteroatoms. The summed E-state index contributed by atoms with van der Waals surface area (Å²) >= 11 is 1.93. The van der Waals surface area contributed by atoms with Crippen LogP contribution in [0.25, 0.3) is 5.70 Å². The first-order valence-electron chi connectivity index (χ1n) is 16.8. The molecule has 2 radical (unpaired) electrons. The second-order valence-electron chi connectivity index (χ2n) is 13.9. The van der Waals surface area contributed by atoms with Gasteiger partial charge in [0.1, 0.15) is 13.2 Å². The van der Waals surface area contributed by atoms with Crippen LogP contribution in [-0.4, -0.2) is 34.4 Å². The van der Waals surface area contributed by atoms with Gasteiger partial charge in [-0.25, -0.2) is 0 Å². The van der Waals surface area contributed by atoms with Gasteiger partial charge in [-0.15, -0.1) is 11.8 Å². The molecule has 0 aromatic heterocycles. The summed E-state index contributed by atoms with van der Waals surface area (Å²) in [6, 6.07) is 23.2. The van der Waals surface area contributed by atoms with E-state index >= 15 is 0 Å². The molecular weight excluding hydrogens is 607 g/mol. The third-order valence-corrected chi connectivity index (χ3v) is 10.2. The second-order valence-corrected chi connectivity index (χ2v) is 15.2. The van der Waals surface area contributed by atoms with E-state index in [1.54, 1.807) is 6.92 Å². The SMILES string of the molecule is [B]C(C)(O)Cc1ccc(CCCC2SC(c3ccc(C#CC4=CCCC=C4)cc3)N(c3cccc(C(=C)N)c3)C2=C)cc1CC(C)(C)O. The normalized spacial score (nSPS) is 19.0. The fourth-order valence-electron chi connectivity index (χ4n) is 6.32. The maximum atomic E-state index is 10.6. The molecule has 246 valence electrons. The lowest BCUT2D eigenvalue weighted by atomic mass is 9.76. The number of allylic oxidation sites excluding steroid dienone is 4. The topological polar surface area (TPSA) is 69.7 Å². The maximum Gasteiger partial charge on any atom is 0.113 e. The number of aryl methyl sites for hydroxylation is 1. The van der Waals surface area contributed by atoms with E-state index in [4.69, 9.17) is 13.6 Å². The molecule has 4 nitrogen and oxygen atoms in total. The van der Waals surface area contributed by atoms with Crippen molar-refractivity contribution in [3.05, 3.63) is 143 Å². The van der Waals surface area contributed by atoms with Gasteiger partial charge in [0.25, 0.3) is 0 Å². The highest BCUT2D eigenvalue weighted by Crippen LogP contribution is 2.51. The van der Waals surface area contributed by atoms with Crippen LogP contribution in [0.2, 0.25) is 0 Å². The van der Waals surface area contributed by atoms with Crippen LogP contribution in [0.1, 0.15) is 85.2 Å². The summed E-state index contributed by atoms with van der Waals surface area (Å²) in [6.45, 7) is 13.8. The monoisotopic (exact) mass is 654 g/mol. The number of aliphatic hydroxyl groups is 2. The molecule has 3 unspecified atom stereocenters. The molecule has 3 atom stereocenters. The highest BCUT2D eigenvalue weighted by atomic mass is 32.2. The molecule has 1 aliphatic carbocycles. The Bertz CT molecular complexity index is 1770. The van der Waals surface area contributed by atoms with Crippen molar-refractivity contribution < 1.29 is 10.2 Å². The first kappa shape index (κ1) is 35.4. The van der Waals surface area contributed by atoms with Crippen LogP contribution in [0.3, 0.4) is 0 Å². The van der Waals surface area contributed by atoms with Crippen LogP contribution < -0.4 is 10.6 Å². The van der Waals surface area contributed by atoms with Crippen molar-refractivity contribution in [3.63, 3.8) is 0 Å². The first-order chi connectivity index (χ1) is 22.8. The summed E-state index contributed by atoms with van der Waals surface area (Å²) in [7, 11) is 5.94. The Morgan fingerprint density at radius 1 is 1.00 bits per heavy atom. The average molecular weight is 655 g/mol. The molecule has 1 aliphatic heterocycles. The van der Waals surface area contributed by atoms with Gasteiger partial charge in [0.15, 0.2) is 0 Å². The van der Waals surface area contributed by atoms with E-state index in [-0.39, 0.29) is 10.6 Å². The fraction of sp³-hybridized carbons (Fsp3) is 0.333. The lowest BCUT2D eigenvalue weighted by Gasteiger charge is -2.28. The highest BCUT2D eigenvalue weighted by Gasteiger charge is 2.37. The van der Waals surface area contributed by atoms with E-state index in [0.29, 0.717) is 18.5 Å². The fourth-order valence-corrected chi connectivity index (χ4v) is 7.89. The van der Waals surface area contributed by atoms with Crippen molar-refractivity contribution in [1.29, 1.82) is 0 Å². The van der Waals surface area contributed by atoms with Gasteiger partial charge in [-0.1, -0.05) is 85.7 Å². The second kappa shape index (κ2) is 15.1. The zero-order valence-electron chi connectivity index (χ0n) is 28.5. The van der Waals surface area contributed by atoms with E-state index in [1.807, 2.05) is 43.8 Å². The minimum absolute atomic E-state index is 0.0523. The number of hydrogen-bond donors (Lipinski definition) is 3. The lowest BCUT2D eigenvalue weighted by Crippen LogP contribution is -2.29. The van der Waals surface area contributed by atoms with Gasteiger partial charge in [0.2, 0.25) is 0 Å². The number of rotatable bonds is 11. The maximum absolute atomic E-state index is 10.6. The van der Waals surface area contributed by atoms with Gasteiger partial charge in [-0.05, 0) is 111 Å². The Labute approximate surface area is 292 Å². The molecule has 0 amide bonds. The Hall–Kier alpha value is -3.89. The lowest BCUT2D eigenvalue weighted by molar-refractivity contribution is 0.0802. The third kappa shape index (κ3) is 9.60. The number of anilines is 1. The van der Waals surface area contributed by atoms with E-state index in [2.05, 4.69) is 96.7 Å². The number of nitrogens with two attached hydrogens (primary N) is 1. The molecule has 3 aromatic rings. The molecule has 5 rings (SSSR count). The molecule has 1 saturated heterocycles. The summed E-state index contributed by atoms with van der Waals surface area (Å²) < 4.78 is 0. The van der Waals surface area contributed by atoms with E-state index in [0.717, 1.165) is 71.3 Å². The Balaban J connectivity index is 1.34. The van der Waals surface area contributed by atoms with Crippen LogP contribution in [0, 0.1) is 11.8 Å². The van der Waals surface area contributed by atoms with Gasteiger partial charge in [-0.3, -0.25) is 0 Å². The number of nitrogens with zero attached hydrogens (tertiary/aromatic N) is 1. The first-order valence-corrected chi connectivity index (χ1v) is 17.7. The molecule has 0 bridgehead atoms. The molecule has 2 aliphatic rings. The van der Waals surface area contributed by atoms with Crippen molar-refractivity contribution in [2.24, 2.45) is 5.73 Å². The Morgan fingerprint density at radius 3 is 2.44 bits per heavy atom. The Kier molecular flexibility index (Phi) is 11.2. The quantitative estimate of drug-likeness (QED) is 0.144. The minimum atomic E-state index is -1.31. The predicted molar refractivity (Wildman–Crippen MR) is 205 cm³/mol. The van der Waals surface area contributed by atoms with Crippen molar-refractivity contribution in [2.75, 3.05) is 4.90 Å². The summed E-state index contributed by atoms with van der Waals surface area (Å²) in [5, 5.41) is 21.1. The molecule has 0 saturated carbocycles. The smallest absolute Gasteiger partial charge is 0.113 e. The molecule has 4 N–H and O–H groups in total. The Morgan fingerprint density at radius 2 is 1.77 bits per heavy atom. The van der Waals surface area contributed by atoms with Crippen LogP contribution in [0.4, 0.5) is 5.69 Å². The largest absolute Gasteiger partial charge is 0.400 e. The molecular formula is C42H47BN2O2S. The van der Waals surface area contributed by atoms with Crippen LogP contribution in [0.5, 0.6) is 0 Å². The third-order valence-electron chi connectivity index (χ3n) is 8.62. The summed E-state index contributed by atoms with van der Waals surface area (Å²) in [4.78, 5) is 2.34. The van der Waals surface area contributed by atoms with Gasteiger partial charge in [-0.2, -0.15) is 0 Å². The summed E-state index contributed by atoms with van der Waals surface area (Å²) in [5.41, 5.74) is 14.0. The van der Waals surface area contributed by atoms with Gasteiger partial charge in [0, 0.05) is 45.4 Å². The van der Waals surface area contributed by atoms with Crippen molar-refractivity contribution in [3.8, 4) is 11.8 Å².